The van der Waals surface area contributed by atoms with Crippen LogP contribution in [-0.2, 0) is 23.2 Å². The average molecular weight is 426 g/mol. The fourth-order valence-electron chi connectivity index (χ4n) is 2.97. The maximum absolute atomic E-state index is 13.0. The average Bonchev–Trinajstić information content (AvgIpc) is 2.77. The van der Waals surface area contributed by atoms with Gasteiger partial charge in [0.25, 0.3) is 5.69 Å². The monoisotopic (exact) mass is 426 g/mol. The minimum absolute atomic E-state index is 0.101. The van der Waals surface area contributed by atoms with Gasteiger partial charge in [0.05, 0.1) is 4.92 Å². The molecule has 30 heavy (non-hydrogen) atoms. The van der Waals surface area contributed by atoms with Crippen molar-refractivity contribution in [2.75, 3.05) is 6.54 Å². The lowest BCUT2D eigenvalue weighted by Crippen LogP contribution is -2.30. The zero-order valence-electron chi connectivity index (χ0n) is 16.5. The van der Waals surface area contributed by atoms with E-state index in [1.165, 1.54) is 28.6 Å². The van der Waals surface area contributed by atoms with Crippen molar-refractivity contribution >= 4 is 15.7 Å². The van der Waals surface area contributed by atoms with E-state index in [0.29, 0.717) is 12.4 Å². The standard InChI is InChI=1S/C22H22N2O5S/c1-2-23(30(27,28)22-11-7-6-10-21(22)24(25)26)16-18-12-14-20(15-13-18)29-17-19-8-4-3-5-9-19/h3-15H,2,16-17H2,1H3. The van der Waals surface area contributed by atoms with Gasteiger partial charge in [0.2, 0.25) is 10.0 Å². The Hall–Kier alpha value is -3.23. The summed E-state index contributed by atoms with van der Waals surface area (Å²) in [6.45, 7) is 2.42. The van der Waals surface area contributed by atoms with Gasteiger partial charge in [-0.1, -0.05) is 61.5 Å². The topological polar surface area (TPSA) is 89.8 Å². The first-order valence-electron chi connectivity index (χ1n) is 9.41. The van der Waals surface area contributed by atoms with Gasteiger partial charge >= 0.3 is 0 Å². The van der Waals surface area contributed by atoms with Crippen LogP contribution >= 0.6 is 0 Å². The van der Waals surface area contributed by atoms with Gasteiger partial charge < -0.3 is 4.74 Å². The summed E-state index contributed by atoms with van der Waals surface area (Å²) in [4.78, 5) is 10.3. The van der Waals surface area contributed by atoms with Gasteiger partial charge in [-0.3, -0.25) is 10.1 Å². The Morgan fingerprint density at radius 2 is 1.53 bits per heavy atom. The molecular weight excluding hydrogens is 404 g/mol. The lowest BCUT2D eigenvalue weighted by atomic mass is 10.2. The van der Waals surface area contributed by atoms with E-state index in [2.05, 4.69) is 0 Å². The molecule has 156 valence electrons. The molecule has 0 aliphatic rings. The molecule has 3 aromatic carbocycles. The molecule has 0 bridgehead atoms. The smallest absolute Gasteiger partial charge is 0.289 e. The van der Waals surface area contributed by atoms with Gasteiger partial charge in [-0.2, -0.15) is 4.31 Å². The second-order valence-electron chi connectivity index (χ2n) is 6.57. The van der Waals surface area contributed by atoms with Crippen LogP contribution in [0.15, 0.2) is 83.8 Å². The highest BCUT2D eigenvalue weighted by molar-refractivity contribution is 7.89. The third-order valence-corrected chi connectivity index (χ3v) is 6.53. The van der Waals surface area contributed by atoms with Crippen LogP contribution in [0.25, 0.3) is 0 Å². The molecule has 0 aromatic heterocycles. The van der Waals surface area contributed by atoms with E-state index in [4.69, 9.17) is 4.74 Å². The lowest BCUT2D eigenvalue weighted by Gasteiger charge is -2.20. The predicted molar refractivity (Wildman–Crippen MR) is 114 cm³/mol. The summed E-state index contributed by atoms with van der Waals surface area (Å²) in [5.74, 6) is 0.673. The molecule has 0 spiro atoms. The Morgan fingerprint density at radius 3 is 2.17 bits per heavy atom. The van der Waals surface area contributed by atoms with E-state index in [0.717, 1.165) is 11.1 Å². The van der Waals surface area contributed by atoms with E-state index in [1.54, 1.807) is 31.2 Å². The van der Waals surface area contributed by atoms with E-state index in [9.17, 15) is 18.5 Å². The van der Waals surface area contributed by atoms with Gasteiger partial charge in [0.1, 0.15) is 12.4 Å². The molecule has 0 fully saturated rings. The van der Waals surface area contributed by atoms with Gasteiger partial charge in [-0.05, 0) is 29.3 Å². The third-order valence-electron chi connectivity index (χ3n) is 4.56. The molecule has 0 radical (unpaired) electrons. The number of rotatable bonds is 9. The molecule has 3 aromatic rings. The number of nitro groups is 1. The Labute approximate surface area is 175 Å². The molecule has 0 heterocycles. The molecule has 0 atom stereocenters. The second kappa shape index (κ2) is 9.51. The van der Waals surface area contributed by atoms with Crippen molar-refractivity contribution in [3.63, 3.8) is 0 Å². The summed E-state index contributed by atoms with van der Waals surface area (Å²) in [7, 11) is -4.02. The van der Waals surface area contributed by atoms with Crippen molar-refractivity contribution in [2.24, 2.45) is 0 Å². The van der Waals surface area contributed by atoms with Gasteiger partial charge in [-0.25, -0.2) is 8.42 Å². The predicted octanol–water partition coefficient (Wildman–Crippen LogP) is 4.38. The minimum atomic E-state index is -4.02. The van der Waals surface area contributed by atoms with E-state index in [1.807, 2.05) is 30.3 Å². The van der Waals surface area contributed by atoms with Crippen LogP contribution in [0.5, 0.6) is 5.75 Å². The first-order valence-corrected chi connectivity index (χ1v) is 10.8. The Balaban J connectivity index is 1.73. The molecule has 0 amide bonds. The zero-order chi connectivity index (χ0) is 21.6. The van der Waals surface area contributed by atoms with Crippen molar-refractivity contribution in [3.05, 3.63) is 100 Å². The number of nitro benzene ring substituents is 1. The third kappa shape index (κ3) is 5.03. The van der Waals surface area contributed by atoms with Gasteiger partial charge in [0, 0.05) is 19.2 Å². The van der Waals surface area contributed by atoms with Crippen molar-refractivity contribution in [3.8, 4) is 5.75 Å². The summed E-state index contributed by atoms with van der Waals surface area (Å²) in [6, 6.07) is 22.3. The van der Waals surface area contributed by atoms with E-state index < -0.39 is 20.6 Å². The maximum atomic E-state index is 13.0. The minimum Gasteiger partial charge on any atom is -0.489 e. The molecule has 0 saturated heterocycles. The quantitative estimate of drug-likeness (QED) is 0.374. The van der Waals surface area contributed by atoms with Gasteiger partial charge in [-0.15, -0.1) is 0 Å². The summed E-state index contributed by atoms with van der Waals surface area (Å²) in [5.41, 5.74) is 1.38. The van der Waals surface area contributed by atoms with Crippen molar-refractivity contribution in [2.45, 2.75) is 25.0 Å². The van der Waals surface area contributed by atoms with Crippen molar-refractivity contribution in [1.29, 1.82) is 0 Å². The highest BCUT2D eigenvalue weighted by atomic mass is 32.2. The molecule has 0 N–H and O–H groups in total. The van der Waals surface area contributed by atoms with Crippen LogP contribution in [0.2, 0.25) is 0 Å². The molecule has 3 rings (SSSR count). The summed E-state index contributed by atoms with van der Waals surface area (Å²) >= 11 is 0. The molecule has 8 heteroatoms. The number of sulfonamides is 1. The molecular formula is C22H22N2O5S. The Kier molecular flexibility index (Phi) is 6.81. The van der Waals surface area contributed by atoms with Gasteiger partial charge in [0.15, 0.2) is 4.90 Å². The molecule has 7 nitrogen and oxygen atoms in total. The molecule has 0 unspecified atom stereocenters. The summed E-state index contributed by atoms with van der Waals surface area (Å²) in [5, 5.41) is 11.2. The largest absolute Gasteiger partial charge is 0.489 e. The molecule has 0 aliphatic carbocycles. The Morgan fingerprint density at radius 1 is 0.900 bits per heavy atom. The lowest BCUT2D eigenvalue weighted by molar-refractivity contribution is -0.387. The first-order chi connectivity index (χ1) is 14.4. The number of para-hydroxylation sites is 1. The van der Waals surface area contributed by atoms with Crippen molar-refractivity contribution in [1.82, 2.24) is 4.31 Å². The molecule has 0 aliphatic heterocycles. The van der Waals surface area contributed by atoms with Crippen LogP contribution in [0.1, 0.15) is 18.1 Å². The zero-order valence-corrected chi connectivity index (χ0v) is 17.3. The van der Waals surface area contributed by atoms with Crippen LogP contribution < -0.4 is 4.74 Å². The molecule has 0 saturated carbocycles. The van der Waals surface area contributed by atoms with E-state index >= 15 is 0 Å². The summed E-state index contributed by atoms with van der Waals surface area (Å²) in [6.07, 6.45) is 0. The number of ether oxygens (including phenoxy) is 1. The first kappa shape index (κ1) is 21.5. The van der Waals surface area contributed by atoms with Crippen LogP contribution in [0, 0.1) is 10.1 Å². The SMILES string of the molecule is CCN(Cc1ccc(OCc2ccccc2)cc1)S(=O)(=O)c1ccccc1[N+](=O)[O-]. The van der Waals surface area contributed by atoms with Crippen LogP contribution in [-0.4, -0.2) is 24.2 Å². The summed E-state index contributed by atoms with van der Waals surface area (Å²) < 4.78 is 33.0. The number of nitrogens with zero attached hydrogens (tertiary/aromatic N) is 2. The van der Waals surface area contributed by atoms with Crippen LogP contribution in [0.4, 0.5) is 5.69 Å². The number of benzene rings is 3. The fraction of sp³-hybridized carbons (Fsp3) is 0.182. The number of hydrogen-bond donors (Lipinski definition) is 0. The number of hydrogen-bond acceptors (Lipinski definition) is 5. The second-order valence-corrected chi connectivity index (χ2v) is 8.48. The van der Waals surface area contributed by atoms with Crippen LogP contribution in [0.3, 0.4) is 0 Å². The normalized spacial score (nSPS) is 11.4. The highest BCUT2D eigenvalue weighted by Gasteiger charge is 2.30. The van der Waals surface area contributed by atoms with E-state index in [-0.39, 0.29) is 18.0 Å². The van der Waals surface area contributed by atoms with Crippen molar-refractivity contribution < 1.29 is 18.1 Å². The Bertz CT molecular complexity index is 1100. The highest BCUT2D eigenvalue weighted by Crippen LogP contribution is 2.27. The fourth-order valence-corrected chi connectivity index (χ4v) is 4.56. The maximum Gasteiger partial charge on any atom is 0.289 e.